The molecule has 2 atom stereocenters. The van der Waals surface area contributed by atoms with Crippen LogP contribution in [-0.4, -0.2) is 36.5 Å². The average molecular weight is 246 g/mol. The van der Waals surface area contributed by atoms with Crippen molar-refractivity contribution in [3.05, 3.63) is 0 Å². The monoisotopic (exact) mass is 246 g/mol. The largest absolute Gasteiger partial charge is 0.353 e. The van der Waals surface area contributed by atoms with Gasteiger partial charge in [0.25, 0.3) is 0 Å². The first kappa shape index (κ1) is 15.8. The van der Waals surface area contributed by atoms with Crippen molar-refractivity contribution in [3.8, 4) is 0 Å². The van der Waals surface area contributed by atoms with Crippen LogP contribution in [0.15, 0.2) is 0 Å². The van der Waals surface area contributed by atoms with Crippen molar-refractivity contribution < 1.29 is 4.79 Å². The molecule has 0 rings (SSSR count). The van der Waals surface area contributed by atoms with Gasteiger partial charge in [0.05, 0.1) is 0 Å². The fourth-order valence-corrected chi connectivity index (χ4v) is 2.12. The van der Waals surface area contributed by atoms with E-state index >= 15 is 0 Å². The van der Waals surface area contributed by atoms with Crippen molar-refractivity contribution in [2.24, 2.45) is 5.92 Å². The highest BCUT2D eigenvalue weighted by Crippen LogP contribution is 2.04. The highest BCUT2D eigenvalue weighted by Gasteiger charge is 2.14. The summed E-state index contributed by atoms with van der Waals surface area (Å²) in [6.45, 7) is 9.93. The fourth-order valence-electron chi connectivity index (χ4n) is 1.32. The van der Waals surface area contributed by atoms with Crippen molar-refractivity contribution >= 4 is 17.7 Å². The van der Waals surface area contributed by atoms with Crippen molar-refractivity contribution in [1.82, 2.24) is 10.6 Å². The Bertz CT molecular complexity index is 188. The molecule has 2 N–H and O–H groups in total. The molecule has 0 heterocycles. The topological polar surface area (TPSA) is 41.1 Å². The van der Waals surface area contributed by atoms with Gasteiger partial charge in [-0.05, 0) is 31.4 Å². The molecule has 0 spiro atoms. The minimum Gasteiger partial charge on any atom is -0.353 e. The van der Waals surface area contributed by atoms with Gasteiger partial charge in [-0.25, -0.2) is 0 Å². The molecule has 0 aliphatic carbocycles. The van der Waals surface area contributed by atoms with Gasteiger partial charge in [-0.15, -0.1) is 0 Å². The van der Waals surface area contributed by atoms with Crippen molar-refractivity contribution in [2.45, 2.75) is 40.2 Å². The van der Waals surface area contributed by atoms with Gasteiger partial charge < -0.3 is 10.6 Å². The van der Waals surface area contributed by atoms with Gasteiger partial charge in [0.15, 0.2) is 0 Å². The Labute approximate surface area is 104 Å². The molecule has 0 fully saturated rings. The van der Waals surface area contributed by atoms with Gasteiger partial charge in [0.1, 0.15) is 0 Å². The maximum Gasteiger partial charge on any atom is 0.224 e. The van der Waals surface area contributed by atoms with Gasteiger partial charge in [-0.3, -0.25) is 4.79 Å². The number of carbonyl (C=O) groups is 1. The molecule has 0 aromatic heterocycles. The molecule has 0 aliphatic heterocycles. The van der Waals surface area contributed by atoms with Crippen LogP contribution in [0.25, 0.3) is 0 Å². The molecule has 0 aromatic carbocycles. The van der Waals surface area contributed by atoms with Crippen LogP contribution in [0, 0.1) is 5.92 Å². The molecule has 96 valence electrons. The van der Waals surface area contributed by atoms with E-state index in [1.54, 1.807) is 0 Å². The van der Waals surface area contributed by atoms with Crippen molar-refractivity contribution in [3.63, 3.8) is 0 Å². The lowest BCUT2D eigenvalue weighted by molar-refractivity contribution is -0.125. The number of carbonyl (C=O) groups excluding carboxylic acids is 1. The standard InChI is InChI=1S/C12H26N2OS/c1-5-13-9-10(3)12(15)14-11(4)7-8-16-6-2/h10-11,13H,5-9H2,1-4H3,(H,14,15). The van der Waals surface area contributed by atoms with Gasteiger partial charge in [-0.2, -0.15) is 11.8 Å². The third-order valence-corrected chi connectivity index (χ3v) is 3.37. The van der Waals surface area contributed by atoms with Crippen molar-refractivity contribution in [2.75, 3.05) is 24.6 Å². The van der Waals surface area contributed by atoms with Crippen LogP contribution in [0.3, 0.4) is 0 Å². The number of hydrogen-bond acceptors (Lipinski definition) is 3. The van der Waals surface area contributed by atoms with E-state index in [9.17, 15) is 4.79 Å². The molecular formula is C12H26N2OS. The third kappa shape index (κ3) is 7.99. The van der Waals surface area contributed by atoms with Gasteiger partial charge in [0, 0.05) is 18.5 Å². The molecule has 16 heavy (non-hydrogen) atoms. The van der Waals surface area contributed by atoms with Crippen LogP contribution >= 0.6 is 11.8 Å². The highest BCUT2D eigenvalue weighted by molar-refractivity contribution is 7.99. The average Bonchev–Trinajstić information content (AvgIpc) is 2.26. The first-order valence-electron chi connectivity index (χ1n) is 6.20. The van der Waals surface area contributed by atoms with Crippen LogP contribution in [0.5, 0.6) is 0 Å². The summed E-state index contributed by atoms with van der Waals surface area (Å²) in [7, 11) is 0. The minimum absolute atomic E-state index is 0.0567. The molecular weight excluding hydrogens is 220 g/mol. The highest BCUT2D eigenvalue weighted by atomic mass is 32.2. The first-order valence-corrected chi connectivity index (χ1v) is 7.36. The van der Waals surface area contributed by atoms with E-state index in [4.69, 9.17) is 0 Å². The Hall–Kier alpha value is -0.220. The van der Waals surface area contributed by atoms with Crippen LogP contribution in [-0.2, 0) is 4.79 Å². The summed E-state index contributed by atoms with van der Waals surface area (Å²) in [6, 6.07) is 0.288. The van der Waals surface area contributed by atoms with E-state index in [1.807, 2.05) is 18.7 Å². The number of thioether (sulfide) groups is 1. The number of hydrogen-bond donors (Lipinski definition) is 2. The Balaban J connectivity index is 3.67. The second-order valence-corrected chi connectivity index (χ2v) is 5.50. The van der Waals surface area contributed by atoms with Crippen molar-refractivity contribution in [1.29, 1.82) is 0 Å². The summed E-state index contributed by atoms with van der Waals surface area (Å²) in [5.74, 6) is 2.49. The third-order valence-electron chi connectivity index (χ3n) is 2.44. The van der Waals surface area contributed by atoms with Gasteiger partial charge >= 0.3 is 0 Å². The molecule has 0 radical (unpaired) electrons. The normalized spacial score (nSPS) is 14.5. The van der Waals surface area contributed by atoms with Gasteiger partial charge in [0.2, 0.25) is 5.91 Å². The first-order chi connectivity index (χ1) is 7.61. The number of rotatable bonds is 9. The summed E-state index contributed by atoms with van der Waals surface area (Å²) in [6.07, 6.45) is 1.05. The van der Waals surface area contributed by atoms with Crippen LogP contribution < -0.4 is 10.6 Å². The molecule has 0 aliphatic rings. The zero-order valence-corrected chi connectivity index (χ0v) is 11.8. The summed E-state index contributed by atoms with van der Waals surface area (Å²) in [4.78, 5) is 11.7. The maximum atomic E-state index is 11.7. The summed E-state index contributed by atoms with van der Waals surface area (Å²) >= 11 is 1.92. The molecule has 0 saturated heterocycles. The Kier molecular flexibility index (Phi) is 9.83. The molecule has 0 saturated carbocycles. The van der Waals surface area contributed by atoms with E-state index in [1.165, 1.54) is 0 Å². The summed E-state index contributed by atoms with van der Waals surface area (Å²) in [5.41, 5.74) is 0. The zero-order chi connectivity index (χ0) is 12.4. The van der Waals surface area contributed by atoms with E-state index in [0.717, 1.165) is 31.0 Å². The molecule has 4 heteroatoms. The second kappa shape index (κ2) is 9.97. The molecule has 0 bridgehead atoms. The second-order valence-electron chi connectivity index (χ2n) is 4.10. The van der Waals surface area contributed by atoms with E-state index < -0.39 is 0 Å². The van der Waals surface area contributed by atoms with E-state index in [2.05, 4.69) is 31.4 Å². The van der Waals surface area contributed by atoms with Crippen LogP contribution in [0.1, 0.15) is 34.1 Å². The Morgan fingerprint density at radius 1 is 1.31 bits per heavy atom. The Morgan fingerprint density at radius 2 is 2.00 bits per heavy atom. The van der Waals surface area contributed by atoms with Crippen LogP contribution in [0.2, 0.25) is 0 Å². The SMILES string of the molecule is CCNCC(C)C(=O)NC(C)CCSCC. The maximum absolute atomic E-state index is 11.7. The quantitative estimate of drug-likeness (QED) is 0.610. The molecule has 3 nitrogen and oxygen atoms in total. The molecule has 2 unspecified atom stereocenters. The van der Waals surface area contributed by atoms with Gasteiger partial charge in [-0.1, -0.05) is 20.8 Å². The molecule has 1 amide bonds. The van der Waals surface area contributed by atoms with E-state index in [0.29, 0.717) is 0 Å². The summed E-state index contributed by atoms with van der Waals surface area (Å²) < 4.78 is 0. The summed E-state index contributed by atoms with van der Waals surface area (Å²) in [5, 5.41) is 6.24. The smallest absolute Gasteiger partial charge is 0.224 e. The zero-order valence-electron chi connectivity index (χ0n) is 11.0. The molecule has 0 aromatic rings. The number of amides is 1. The van der Waals surface area contributed by atoms with Crippen LogP contribution in [0.4, 0.5) is 0 Å². The lowest BCUT2D eigenvalue weighted by Crippen LogP contribution is -2.40. The number of nitrogens with one attached hydrogen (secondary N) is 2. The minimum atomic E-state index is 0.0567. The fraction of sp³-hybridized carbons (Fsp3) is 0.917. The predicted molar refractivity (Wildman–Crippen MR) is 72.9 cm³/mol. The lowest BCUT2D eigenvalue weighted by atomic mass is 10.1. The lowest BCUT2D eigenvalue weighted by Gasteiger charge is -2.17. The Morgan fingerprint density at radius 3 is 2.56 bits per heavy atom. The predicted octanol–water partition coefficient (Wildman–Crippen LogP) is 1.88. The van der Waals surface area contributed by atoms with E-state index in [-0.39, 0.29) is 17.9 Å².